The van der Waals surface area contributed by atoms with Crippen LogP contribution >= 0.6 is 12.2 Å². The molecule has 3 aromatic rings. The Kier molecular flexibility index (Phi) is 6.99. The highest BCUT2D eigenvalue weighted by Crippen LogP contribution is 2.33. The van der Waals surface area contributed by atoms with E-state index in [4.69, 9.17) is 26.8 Å². The van der Waals surface area contributed by atoms with Crippen LogP contribution in [0.4, 0.5) is 0 Å². The van der Waals surface area contributed by atoms with Crippen LogP contribution in [0.5, 0.6) is 11.5 Å². The number of methoxy groups -OCH3 is 2. The summed E-state index contributed by atoms with van der Waals surface area (Å²) in [7, 11) is 3.37. The van der Waals surface area contributed by atoms with Crippen molar-refractivity contribution in [1.82, 2.24) is 24.1 Å². The molecular formula is C26H33N5O2S. The van der Waals surface area contributed by atoms with Gasteiger partial charge in [0, 0.05) is 18.8 Å². The molecule has 3 heterocycles. The lowest BCUT2D eigenvalue weighted by Crippen LogP contribution is -2.33. The van der Waals surface area contributed by atoms with Crippen LogP contribution in [0.1, 0.15) is 36.2 Å². The molecule has 0 N–H and O–H groups in total. The zero-order valence-corrected chi connectivity index (χ0v) is 20.9. The number of hydrogen-bond donors (Lipinski definition) is 0. The minimum absolute atomic E-state index is 0.666. The van der Waals surface area contributed by atoms with Gasteiger partial charge in [0.2, 0.25) is 4.77 Å². The summed E-state index contributed by atoms with van der Waals surface area (Å²) in [5, 5.41) is 5.04. The minimum atomic E-state index is 0.666. The van der Waals surface area contributed by atoms with Gasteiger partial charge in [0.15, 0.2) is 17.3 Å². The maximum absolute atomic E-state index is 5.96. The lowest BCUT2D eigenvalue weighted by Gasteiger charge is -2.29. The van der Waals surface area contributed by atoms with Crippen LogP contribution in [0.15, 0.2) is 42.5 Å². The first-order chi connectivity index (χ1) is 16.7. The average molecular weight is 480 g/mol. The molecule has 0 amide bonds. The van der Waals surface area contributed by atoms with Crippen LogP contribution < -0.4 is 9.47 Å². The van der Waals surface area contributed by atoms with Gasteiger partial charge in [-0.1, -0.05) is 24.6 Å². The number of piperidine rings is 1. The van der Waals surface area contributed by atoms with Crippen molar-refractivity contribution in [3.63, 3.8) is 0 Å². The Bertz CT molecular complexity index is 1180. The number of benzene rings is 2. The molecule has 0 bridgehead atoms. The molecule has 7 nitrogen and oxygen atoms in total. The van der Waals surface area contributed by atoms with Gasteiger partial charge >= 0.3 is 0 Å². The second kappa shape index (κ2) is 10.3. The largest absolute Gasteiger partial charge is 0.493 e. The fourth-order valence-electron chi connectivity index (χ4n) is 5.05. The van der Waals surface area contributed by atoms with E-state index < -0.39 is 0 Å². The van der Waals surface area contributed by atoms with Crippen molar-refractivity contribution in [3.8, 4) is 17.2 Å². The van der Waals surface area contributed by atoms with Crippen molar-refractivity contribution in [1.29, 1.82) is 0 Å². The van der Waals surface area contributed by atoms with Gasteiger partial charge in [-0.05, 0) is 80.0 Å². The van der Waals surface area contributed by atoms with Crippen LogP contribution in [0.25, 0.3) is 5.69 Å². The van der Waals surface area contributed by atoms with Crippen molar-refractivity contribution >= 4 is 12.2 Å². The second-order valence-corrected chi connectivity index (χ2v) is 9.49. The standard InChI is InChI=1S/C26H33N5O2S/c1-32-23-15-20-11-14-29(17-21(20)16-24(23)33-2)19-30-26(34)31(22-9-5-3-6-10-22)25(27-30)18-28-12-7-4-8-13-28/h3,5-6,9-10,15-16H,4,7-8,11-14,17-19H2,1-2H3. The zero-order chi connectivity index (χ0) is 23.5. The molecule has 0 unspecified atom stereocenters. The molecule has 34 heavy (non-hydrogen) atoms. The first kappa shape index (κ1) is 23.1. The maximum atomic E-state index is 5.96. The highest BCUT2D eigenvalue weighted by atomic mass is 32.1. The lowest BCUT2D eigenvalue weighted by atomic mass is 9.99. The number of rotatable bonds is 7. The van der Waals surface area contributed by atoms with Gasteiger partial charge < -0.3 is 9.47 Å². The molecule has 1 aromatic heterocycles. The van der Waals surface area contributed by atoms with Crippen LogP contribution in [-0.2, 0) is 26.2 Å². The van der Waals surface area contributed by atoms with E-state index in [0.717, 1.165) is 66.9 Å². The second-order valence-electron chi connectivity index (χ2n) is 9.13. The molecule has 8 heteroatoms. The van der Waals surface area contributed by atoms with Crippen LogP contribution in [0, 0.1) is 4.77 Å². The lowest BCUT2D eigenvalue weighted by molar-refractivity contribution is 0.185. The summed E-state index contributed by atoms with van der Waals surface area (Å²) in [6.45, 7) is 5.52. The van der Waals surface area contributed by atoms with Crippen molar-refractivity contribution < 1.29 is 9.47 Å². The molecule has 0 saturated carbocycles. The Morgan fingerprint density at radius 2 is 1.59 bits per heavy atom. The molecule has 1 fully saturated rings. The topological polar surface area (TPSA) is 47.7 Å². The predicted octanol–water partition coefficient (Wildman–Crippen LogP) is 4.42. The third-order valence-electron chi connectivity index (χ3n) is 6.87. The number of hydrogen-bond acceptors (Lipinski definition) is 6. The molecule has 2 aliphatic heterocycles. The summed E-state index contributed by atoms with van der Waals surface area (Å²) in [6, 6.07) is 14.6. The summed E-state index contributed by atoms with van der Waals surface area (Å²) in [5.74, 6) is 2.58. The number of aromatic nitrogens is 3. The number of fused-ring (bicyclic) bond motifs is 1. The van der Waals surface area contributed by atoms with Crippen LogP contribution in [0.3, 0.4) is 0 Å². The van der Waals surface area contributed by atoms with Crippen LogP contribution in [-0.4, -0.2) is 58.0 Å². The normalized spacial score (nSPS) is 16.9. The van der Waals surface area contributed by atoms with Gasteiger partial charge in [0.25, 0.3) is 0 Å². The summed E-state index contributed by atoms with van der Waals surface area (Å²) in [5.41, 5.74) is 3.66. The molecule has 2 aromatic carbocycles. The van der Waals surface area contributed by atoms with Gasteiger partial charge in [-0.25, -0.2) is 4.68 Å². The van der Waals surface area contributed by atoms with Crippen molar-refractivity contribution in [2.45, 2.75) is 45.4 Å². The monoisotopic (exact) mass is 479 g/mol. The molecule has 0 spiro atoms. The Labute approximate surface area is 206 Å². The average Bonchev–Trinajstić information content (AvgIpc) is 3.18. The van der Waals surface area contributed by atoms with E-state index in [1.165, 1.54) is 30.4 Å². The summed E-state index contributed by atoms with van der Waals surface area (Å²) < 4.78 is 15.9. The highest BCUT2D eigenvalue weighted by molar-refractivity contribution is 7.71. The quantitative estimate of drug-likeness (QED) is 0.468. The molecule has 5 rings (SSSR count). The van der Waals surface area contributed by atoms with E-state index in [2.05, 4.69) is 50.8 Å². The van der Waals surface area contributed by atoms with E-state index in [1.54, 1.807) is 14.2 Å². The third-order valence-corrected chi connectivity index (χ3v) is 7.26. The number of para-hydroxylation sites is 1. The Hall–Kier alpha value is -2.68. The van der Waals surface area contributed by atoms with E-state index in [1.807, 2.05) is 10.7 Å². The third kappa shape index (κ3) is 4.76. The Morgan fingerprint density at radius 1 is 0.882 bits per heavy atom. The van der Waals surface area contributed by atoms with Gasteiger partial charge in [0.05, 0.1) is 27.4 Å². The maximum Gasteiger partial charge on any atom is 0.203 e. The van der Waals surface area contributed by atoms with Gasteiger partial charge in [-0.3, -0.25) is 14.4 Å². The first-order valence-corrected chi connectivity index (χ1v) is 12.5. The molecule has 0 aliphatic carbocycles. The molecule has 0 atom stereocenters. The SMILES string of the molecule is COc1cc2c(cc1OC)CN(Cn1nc(CN3CCCCC3)n(-c3ccccc3)c1=S)CC2. The first-order valence-electron chi connectivity index (χ1n) is 12.1. The fraction of sp³-hybridized carbons (Fsp3) is 0.462. The van der Waals surface area contributed by atoms with Gasteiger partial charge in [-0.2, -0.15) is 5.10 Å². The van der Waals surface area contributed by atoms with Crippen molar-refractivity contribution in [2.75, 3.05) is 33.9 Å². The zero-order valence-electron chi connectivity index (χ0n) is 20.1. The number of nitrogens with zero attached hydrogens (tertiary/aromatic N) is 5. The van der Waals surface area contributed by atoms with Crippen LogP contribution in [0.2, 0.25) is 0 Å². The molecule has 180 valence electrons. The van der Waals surface area contributed by atoms with E-state index in [0.29, 0.717) is 6.67 Å². The highest BCUT2D eigenvalue weighted by Gasteiger charge is 2.22. The summed E-state index contributed by atoms with van der Waals surface area (Å²) in [6.07, 6.45) is 4.80. The summed E-state index contributed by atoms with van der Waals surface area (Å²) >= 11 is 5.96. The minimum Gasteiger partial charge on any atom is -0.493 e. The Balaban J connectivity index is 1.41. The number of ether oxygens (including phenoxy) is 2. The molecule has 2 aliphatic rings. The predicted molar refractivity (Wildman–Crippen MR) is 135 cm³/mol. The van der Waals surface area contributed by atoms with Gasteiger partial charge in [-0.15, -0.1) is 0 Å². The molecular weight excluding hydrogens is 446 g/mol. The van der Waals surface area contributed by atoms with E-state index >= 15 is 0 Å². The van der Waals surface area contributed by atoms with Crippen molar-refractivity contribution in [3.05, 3.63) is 64.2 Å². The van der Waals surface area contributed by atoms with Gasteiger partial charge in [0.1, 0.15) is 0 Å². The fourth-order valence-corrected chi connectivity index (χ4v) is 5.36. The molecule has 1 saturated heterocycles. The smallest absolute Gasteiger partial charge is 0.203 e. The van der Waals surface area contributed by atoms with E-state index in [9.17, 15) is 0 Å². The molecule has 0 radical (unpaired) electrons. The number of likely N-dealkylation sites (tertiary alicyclic amines) is 1. The Morgan fingerprint density at radius 3 is 2.29 bits per heavy atom. The summed E-state index contributed by atoms with van der Waals surface area (Å²) in [4.78, 5) is 4.90. The van der Waals surface area contributed by atoms with E-state index in [-0.39, 0.29) is 0 Å². The van der Waals surface area contributed by atoms with Crippen molar-refractivity contribution in [2.24, 2.45) is 0 Å².